The number of unbranched alkanes of at least 4 members (excludes halogenated alkanes) is 14. The van der Waals surface area contributed by atoms with Crippen LogP contribution in [0, 0.1) is 0 Å². The first-order chi connectivity index (χ1) is 13.4. The molecule has 0 aliphatic carbocycles. The summed E-state index contributed by atoms with van der Waals surface area (Å²) < 4.78 is 31.7. The molecule has 0 saturated heterocycles. The Morgan fingerprint density at radius 2 is 1.24 bits per heavy atom. The van der Waals surface area contributed by atoms with Gasteiger partial charge in [-0.05, 0) is 18.9 Å². The predicted molar refractivity (Wildman–Crippen MR) is 116 cm³/mol. The van der Waals surface area contributed by atoms with E-state index in [1.165, 1.54) is 101 Å². The van der Waals surface area contributed by atoms with Crippen molar-refractivity contribution in [2.45, 2.75) is 103 Å². The minimum Gasteiger partial charge on any atom is -0.748 e. The Hall–Kier alpha value is 0.120. The van der Waals surface area contributed by atoms with E-state index >= 15 is 0 Å². The van der Waals surface area contributed by atoms with Gasteiger partial charge in [0.25, 0.3) is 0 Å². The first-order valence-electron chi connectivity index (χ1n) is 11.2. The van der Waals surface area contributed by atoms with Gasteiger partial charge in [-0.3, -0.25) is 4.79 Å². The van der Waals surface area contributed by atoms with Crippen molar-refractivity contribution < 1.29 is 47.3 Å². The Morgan fingerprint density at radius 3 is 1.66 bits per heavy atom. The molecule has 0 unspecified atom stereocenters. The average molecular weight is 440 g/mol. The van der Waals surface area contributed by atoms with E-state index < -0.39 is 15.9 Å². The van der Waals surface area contributed by atoms with E-state index in [1.54, 1.807) is 0 Å². The minimum atomic E-state index is -4.27. The second-order valence-electron chi connectivity index (χ2n) is 7.81. The summed E-state index contributed by atoms with van der Waals surface area (Å²) in [5.41, 5.74) is 0. The molecule has 0 atom stereocenters. The van der Waals surface area contributed by atoms with Crippen LogP contribution in [0.25, 0.3) is 0 Å². The molecule has 29 heavy (non-hydrogen) atoms. The van der Waals surface area contributed by atoms with Crippen molar-refractivity contribution in [3.05, 3.63) is 12.2 Å². The van der Waals surface area contributed by atoms with E-state index in [2.05, 4.69) is 6.92 Å². The Kier molecular flexibility index (Phi) is 23.1. The van der Waals surface area contributed by atoms with Crippen LogP contribution in [0.3, 0.4) is 0 Å². The van der Waals surface area contributed by atoms with Gasteiger partial charge in [0.05, 0.1) is 15.9 Å². The molecule has 0 aliphatic heterocycles. The smallest absolute Gasteiger partial charge is 0.748 e. The summed E-state index contributed by atoms with van der Waals surface area (Å²) in [5, 5.41) is 0. The van der Waals surface area contributed by atoms with Gasteiger partial charge in [0.15, 0.2) is 0 Å². The molecule has 5 nitrogen and oxygen atoms in total. The van der Waals surface area contributed by atoms with Gasteiger partial charge in [0.2, 0.25) is 5.91 Å². The summed E-state index contributed by atoms with van der Waals surface area (Å²) in [4.78, 5) is 13.0. The summed E-state index contributed by atoms with van der Waals surface area (Å²) >= 11 is 0. The SMILES string of the molecule is CCCCCCCCCCCCCCCC/C=C/C(=O)N(C)CCS(=O)(=O)[O-].[Na+]. The standard InChI is InChI=1S/C22H43NO4S.Na/c1-3-4-5-6-7-8-9-10-11-12-13-14-15-16-17-18-19-22(24)23(2)20-21-28(25,26)27;/h18-19H,3-17,20-21H2,1-2H3,(H,25,26,27);/q;+1/p-1/b19-18+;. The van der Waals surface area contributed by atoms with Crippen LogP contribution in [0.1, 0.15) is 103 Å². The quantitative estimate of drug-likeness (QED) is 0.134. The van der Waals surface area contributed by atoms with Crippen LogP contribution < -0.4 is 29.6 Å². The zero-order valence-corrected chi connectivity index (χ0v) is 22.0. The number of carbonyl (C=O) groups excluding carboxylic acids is 1. The number of allylic oxidation sites excluding steroid dienone is 1. The second-order valence-corrected chi connectivity index (χ2v) is 9.33. The van der Waals surface area contributed by atoms with Crippen molar-refractivity contribution in [3.8, 4) is 0 Å². The fourth-order valence-corrected chi connectivity index (χ4v) is 3.62. The van der Waals surface area contributed by atoms with Gasteiger partial charge in [-0.25, -0.2) is 8.42 Å². The fraction of sp³-hybridized carbons (Fsp3) is 0.864. The molecule has 0 saturated carbocycles. The maximum Gasteiger partial charge on any atom is 1.00 e. The summed E-state index contributed by atoms with van der Waals surface area (Å²) in [6.07, 6.45) is 22.7. The number of rotatable bonds is 19. The maximum atomic E-state index is 11.7. The molecular formula is C22H42NNaO4S. The summed E-state index contributed by atoms with van der Waals surface area (Å²) in [5.74, 6) is -0.795. The molecule has 1 amide bonds. The van der Waals surface area contributed by atoms with Gasteiger partial charge in [-0.2, -0.15) is 0 Å². The summed E-state index contributed by atoms with van der Waals surface area (Å²) in [6.45, 7) is 2.20. The number of hydrogen-bond acceptors (Lipinski definition) is 4. The van der Waals surface area contributed by atoms with Gasteiger partial charge in [-0.15, -0.1) is 0 Å². The van der Waals surface area contributed by atoms with Crippen molar-refractivity contribution in [1.82, 2.24) is 4.90 Å². The molecule has 0 rings (SSSR count). The first-order valence-corrected chi connectivity index (χ1v) is 12.8. The van der Waals surface area contributed by atoms with Gasteiger partial charge < -0.3 is 9.45 Å². The number of hydrogen-bond donors (Lipinski definition) is 0. The Balaban J connectivity index is 0. The maximum absolute atomic E-state index is 11.7. The van der Waals surface area contributed by atoms with Gasteiger partial charge in [0, 0.05) is 13.6 Å². The molecule has 0 aromatic carbocycles. The van der Waals surface area contributed by atoms with Gasteiger partial charge in [-0.1, -0.05) is 96.5 Å². The summed E-state index contributed by atoms with van der Waals surface area (Å²) in [6, 6.07) is 0. The van der Waals surface area contributed by atoms with E-state index in [0.717, 1.165) is 12.8 Å². The third kappa shape index (κ3) is 24.3. The van der Waals surface area contributed by atoms with Crippen molar-refractivity contribution in [2.75, 3.05) is 19.3 Å². The molecule has 0 spiro atoms. The average Bonchev–Trinajstić information content (AvgIpc) is 2.65. The number of likely N-dealkylation sites (N-methyl/N-ethyl adjacent to an activating group) is 1. The third-order valence-electron chi connectivity index (χ3n) is 5.04. The molecule has 0 fully saturated rings. The fourth-order valence-electron chi connectivity index (χ4n) is 3.13. The van der Waals surface area contributed by atoms with Crippen LogP contribution in [0.4, 0.5) is 0 Å². The van der Waals surface area contributed by atoms with Crippen LogP contribution in [0.15, 0.2) is 12.2 Å². The van der Waals surface area contributed by atoms with E-state index in [0.29, 0.717) is 0 Å². The zero-order valence-electron chi connectivity index (χ0n) is 19.2. The monoisotopic (exact) mass is 439 g/mol. The van der Waals surface area contributed by atoms with Gasteiger partial charge in [0.1, 0.15) is 0 Å². The molecule has 0 aliphatic rings. The van der Waals surface area contributed by atoms with Crippen LogP contribution in [0.5, 0.6) is 0 Å². The molecule has 0 aromatic rings. The van der Waals surface area contributed by atoms with Gasteiger partial charge >= 0.3 is 29.6 Å². The van der Waals surface area contributed by atoms with E-state index in [4.69, 9.17) is 0 Å². The third-order valence-corrected chi connectivity index (χ3v) is 5.72. The predicted octanol–water partition coefficient (Wildman–Crippen LogP) is 2.42. The molecule has 0 aromatic heterocycles. The van der Waals surface area contributed by atoms with Crippen molar-refractivity contribution in [1.29, 1.82) is 0 Å². The molecule has 7 heteroatoms. The summed E-state index contributed by atoms with van der Waals surface area (Å²) in [7, 11) is -2.77. The largest absolute Gasteiger partial charge is 1.00 e. The van der Waals surface area contributed by atoms with E-state index in [-0.39, 0.29) is 42.0 Å². The molecule has 166 valence electrons. The molecule has 0 bridgehead atoms. The Morgan fingerprint density at radius 1 is 0.828 bits per heavy atom. The number of nitrogens with zero attached hydrogens (tertiary/aromatic N) is 1. The van der Waals surface area contributed by atoms with Crippen molar-refractivity contribution in [3.63, 3.8) is 0 Å². The van der Waals surface area contributed by atoms with Crippen LogP contribution in [-0.4, -0.2) is 43.1 Å². The van der Waals surface area contributed by atoms with E-state index in [1.807, 2.05) is 6.08 Å². The zero-order chi connectivity index (χ0) is 21.1. The first kappa shape index (κ1) is 31.3. The molecule has 0 N–H and O–H groups in total. The van der Waals surface area contributed by atoms with Crippen LogP contribution in [-0.2, 0) is 14.9 Å². The van der Waals surface area contributed by atoms with Crippen molar-refractivity contribution >= 4 is 16.0 Å². The van der Waals surface area contributed by atoms with Crippen LogP contribution in [0.2, 0.25) is 0 Å². The molecule has 0 radical (unpaired) electrons. The molecular weight excluding hydrogens is 397 g/mol. The Bertz CT molecular complexity index is 509. The molecule has 0 heterocycles. The van der Waals surface area contributed by atoms with Crippen molar-refractivity contribution in [2.24, 2.45) is 0 Å². The van der Waals surface area contributed by atoms with Crippen LogP contribution >= 0.6 is 0 Å². The minimum absolute atomic E-state index is 0. The normalized spacial score (nSPS) is 11.6. The number of amides is 1. The topological polar surface area (TPSA) is 77.5 Å². The number of carbonyl (C=O) groups is 1. The Labute approximate surface area is 202 Å². The van der Waals surface area contributed by atoms with E-state index in [9.17, 15) is 17.8 Å². The second kappa shape index (κ2) is 21.4.